The highest BCUT2D eigenvalue weighted by molar-refractivity contribution is 5.99. The Balaban J connectivity index is 2.04. The number of nitrogens with one attached hydrogen (secondary N) is 2. The van der Waals surface area contributed by atoms with Gasteiger partial charge in [0.1, 0.15) is 0 Å². The summed E-state index contributed by atoms with van der Waals surface area (Å²) in [6, 6.07) is 1.94. The first-order valence-corrected chi connectivity index (χ1v) is 7.59. The summed E-state index contributed by atoms with van der Waals surface area (Å²) in [5, 5.41) is 6.38. The highest BCUT2D eigenvalue weighted by Crippen LogP contribution is 2.47. The zero-order valence-corrected chi connectivity index (χ0v) is 12.8. The van der Waals surface area contributed by atoms with Gasteiger partial charge in [-0.25, -0.2) is 0 Å². The van der Waals surface area contributed by atoms with E-state index in [1.165, 1.54) is 12.8 Å². The van der Waals surface area contributed by atoms with E-state index in [4.69, 9.17) is 0 Å². The first kappa shape index (κ1) is 14.8. The number of aromatic nitrogens is 1. The number of nitrogens with zero attached hydrogens (tertiary/aromatic N) is 1. The minimum absolute atomic E-state index is 0.0178. The second kappa shape index (κ2) is 6.25. The molecule has 1 aliphatic rings. The van der Waals surface area contributed by atoms with Gasteiger partial charge in [-0.05, 0) is 44.1 Å². The normalized spacial score (nSPS) is 15.8. The molecule has 1 aromatic heterocycles. The SMILES string of the molecule is CCCNc1cc(C)ncc1C(=O)NCC1(CC)CC1. The molecule has 4 heteroatoms. The summed E-state index contributed by atoms with van der Waals surface area (Å²) in [4.78, 5) is 16.6. The van der Waals surface area contributed by atoms with E-state index in [1.54, 1.807) is 6.20 Å². The van der Waals surface area contributed by atoms with Gasteiger partial charge in [0.2, 0.25) is 0 Å². The number of anilines is 1. The van der Waals surface area contributed by atoms with Gasteiger partial charge < -0.3 is 10.6 Å². The number of aryl methyl sites for hydroxylation is 1. The molecular formula is C16H25N3O. The van der Waals surface area contributed by atoms with Crippen molar-refractivity contribution in [3.8, 4) is 0 Å². The molecule has 0 aliphatic heterocycles. The van der Waals surface area contributed by atoms with Gasteiger partial charge in [-0.2, -0.15) is 0 Å². The molecule has 1 aliphatic carbocycles. The van der Waals surface area contributed by atoms with Crippen LogP contribution in [0.1, 0.15) is 55.6 Å². The fraction of sp³-hybridized carbons (Fsp3) is 0.625. The predicted octanol–water partition coefficient (Wildman–Crippen LogP) is 3.13. The maximum atomic E-state index is 12.3. The molecule has 0 radical (unpaired) electrons. The molecule has 0 spiro atoms. The molecule has 1 saturated carbocycles. The van der Waals surface area contributed by atoms with Crippen molar-refractivity contribution >= 4 is 11.6 Å². The molecule has 4 nitrogen and oxygen atoms in total. The van der Waals surface area contributed by atoms with Crippen LogP contribution in [0.3, 0.4) is 0 Å². The van der Waals surface area contributed by atoms with Crippen molar-refractivity contribution in [2.24, 2.45) is 5.41 Å². The number of hydrogen-bond acceptors (Lipinski definition) is 3. The monoisotopic (exact) mass is 275 g/mol. The van der Waals surface area contributed by atoms with Gasteiger partial charge in [0.15, 0.2) is 0 Å². The molecule has 2 rings (SSSR count). The van der Waals surface area contributed by atoms with Crippen LogP contribution in [0.2, 0.25) is 0 Å². The Hall–Kier alpha value is -1.58. The fourth-order valence-corrected chi connectivity index (χ4v) is 2.34. The van der Waals surface area contributed by atoms with Gasteiger partial charge in [0, 0.05) is 25.0 Å². The zero-order valence-electron chi connectivity index (χ0n) is 12.8. The zero-order chi connectivity index (χ0) is 14.6. The van der Waals surface area contributed by atoms with E-state index in [9.17, 15) is 4.79 Å². The maximum absolute atomic E-state index is 12.3. The Morgan fingerprint density at radius 2 is 2.15 bits per heavy atom. The first-order valence-electron chi connectivity index (χ1n) is 7.59. The fourth-order valence-electron chi connectivity index (χ4n) is 2.34. The number of rotatable bonds is 7. The van der Waals surface area contributed by atoms with Crippen molar-refractivity contribution in [3.05, 3.63) is 23.5 Å². The predicted molar refractivity (Wildman–Crippen MR) is 82.0 cm³/mol. The van der Waals surface area contributed by atoms with Gasteiger partial charge in [-0.1, -0.05) is 13.8 Å². The van der Waals surface area contributed by atoms with Crippen LogP contribution in [0.25, 0.3) is 0 Å². The van der Waals surface area contributed by atoms with Crippen molar-refractivity contribution in [2.45, 2.75) is 46.5 Å². The summed E-state index contributed by atoms with van der Waals surface area (Å²) in [6.07, 6.45) is 6.31. The van der Waals surface area contributed by atoms with E-state index < -0.39 is 0 Å². The molecule has 0 bridgehead atoms. The molecule has 1 aromatic rings. The molecule has 1 fully saturated rings. The summed E-state index contributed by atoms with van der Waals surface area (Å²) in [5.74, 6) is -0.0178. The number of carbonyl (C=O) groups is 1. The van der Waals surface area contributed by atoms with Crippen LogP contribution < -0.4 is 10.6 Å². The quantitative estimate of drug-likeness (QED) is 0.804. The van der Waals surface area contributed by atoms with Crippen LogP contribution in [0.4, 0.5) is 5.69 Å². The van der Waals surface area contributed by atoms with Gasteiger partial charge in [0.25, 0.3) is 5.91 Å². The molecule has 1 amide bonds. The molecule has 0 atom stereocenters. The van der Waals surface area contributed by atoms with E-state index in [2.05, 4.69) is 29.5 Å². The molecule has 2 N–H and O–H groups in total. The summed E-state index contributed by atoms with van der Waals surface area (Å²) >= 11 is 0. The van der Waals surface area contributed by atoms with Crippen molar-refractivity contribution < 1.29 is 4.79 Å². The second-order valence-electron chi connectivity index (χ2n) is 5.83. The summed E-state index contributed by atoms with van der Waals surface area (Å²) in [7, 11) is 0. The van der Waals surface area contributed by atoms with Crippen molar-refractivity contribution in [2.75, 3.05) is 18.4 Å². The Morgan fingerprint density at radius 3 is 2.75 bits per heavy atom. The van der Waals surface area contributed by atoms with Crippen molar-refractivity contribution in [3.63, 3.8) is 0 Å². The average molecular weight is 275 g/mol. The Kier molecular flexibility index (Phi) is 4.63. The third-order valence-electron chi connectivity index (χ3n) is 4.18. The van der Waals surface area contributed by atoms with E-state index in [0.29, 0.717) is 11.0 Å². The van der Waals surface area contributed by atoms with Gasteiger partial charge >= 0.3 is 0 Å². The lowest BCUT2D eigenvalue weighted by atomic mass is 10.0. The van der Waals surface area contributed by atoms with Crippen LogP contribution in [-0.2, 0) is 0 Å². The summed E-state index contributed by atoms with van der Waals surface area (Å²) < 4.78 is 0. The standard InChI is InChI=1S/C16H25N3O/c1-4-8-17-14-9-12(3)18-10-13(14)15(20)19-11-16(5-2)6-7-16/h9-10H,4-8,11H2,1-3H3,(H,17,18)(H,19,20). The van der Waals surface area contributed by atoms with Crippen LogP contribution in [-0.4, -0.2) is 24.0 Å². The highest BCUT2D eigenvalue weighted by Gasteiger charge is 2.40. The Labute approximate surface area is 121 Å². The van der Waals surface area contributed by atoms with E-state index in [0.717, 1.165) is 37.3 Å². The Morgan fingerprint density at radius 1 is 1.40 bits per heavy atom. The number of hydrogen-bond donors (Lipinski definition) is 2. The molecule has 0 saturated heterocycles. The topological polar surface area (TPSA) is 54.0 Å². The van der Waals surface area contributed by atoms with Gasteiger partial charge in [-0.3, -0.25) is 9.78 Å². The first-order chi connectivity index (χ1) is 9.60. The lowest BCUT2D eigenvalue weighted by Crippen LogP contribution is -2.30. The Bertz CT molecular complexity index is 481. The van der Waals surface area contributed by atoms with Crippen LogP contribution >= 0.6 is 0 Å². The minimum atomic E-state index is -0.0178. The van der Waals surface area contributed by atoms with Crippen LogP contribution in [0.5, 0.6) is 0 Å². The third-order valence-corrected chi connectivity index (χ3v) is 4.18. The highest BCUT2D eigenvalue weighted by atomic mass is 16.1. The largest absolute Gasteiger partial charge is 0.384 e. The van der Waals surface area contributed by atoms with Crippen molar-refractivity contribution in [1.82, 2.24) is 10.3 Å². The van der Waals surface area contributed by atoms with Crippen LogP contribution in [0, 0.1) is 12.3 Å². The molecule has 0 aromatic carbocycles. The molecule has 110 valence electrons. The lowest BCUT2D eigenvalue weighted by Gasteiger charge is -2.15. The van der Waals surface area contributed by atoms with Gasteiger partial charge in [-0.15, -0.1) is 0 Å². The van der Waals surface area contributed by atoms with E-state index >= 15 is 0 Å². The summed E-state index contributed by atoms with van der Waals surface area (Å²) in [6.45, 7) is 7.89. The van der Waals surface area contributed by atoms with E-state index in [-0.39, 0.29) is 5.91 Å². The molecular weight excluding hydrogens is 250 g/mol. The molecule has 1 heterocycles. The third kappa shape index (κ3) is 3.50. The second-order valence-corrected chi connectivity index (χ2v) is 5.83. The molecule has 0 unspecified atom stereocenters. The van der Waals surface area contributed by atoms with Crippen LogP contribution in [0.15, 0.2) is 12.3 Å². The minimum Gasteiger partial charge on any atom is -0.384 e. The van der Waals surface area contributed by atoms with E-state index in [1.807, 2.05) is 13.0 Å². The maximum Gasteiger partial charge on any atom is 0.254 e. The summed E-state index contributed by atoms with van der Waals surface area (Å²) in [5.41, 5.74) is 2.83. The molecule has 20 heavy (non-hydrogen) atoms. The smallest absolute Gasteiger partial charge is 0.254 e. The van der Waals surface area contributed by atoms with Crippen molar-refractivity contribution in [1.29, 1.82) is 0 Å². The number of carbonyl (C=O) groups excluding carboxylic acids is 1. The van der Waals surface area contributed by atoms with Gasteiger partial charge in [0.05, 0.1) is 11.3 Å². The number of amides is 1. The number of pyridine rings is 1. The lowest BCUT2D eigenvalue weighted by molar-refractivity contribution is 0.0945. The average Bonchev–Trinajstić information content (AvgIpc) is 3.23.